The summed E-state index contributed by atoms with van der Waals surface area (Å²) in [6.07, 6.45) is 0. The summed E-state index contributed by atoms with van der Waals surface area (Å²) in [7, 11) is 0. The number of fused-ring (bicyclic) bond motifs is 1. The number of carbonyl (C=O) groups excluding carboxylic acids is 2. The first-order chi connectivity index (χ1) is 16.4. The van der Waals surface area contributed by atoms with Crippen LogP contribution >= 0.6 is 58.6 Å². The standard InChI is InChI=1S/C17H17N7O6S4.ClH/c18-16-20-8(5-32-16)9(23-30-2-1-25)12(26)21-10-13(27)24-11(15(28)29)7(3-31-14(10)24)4-33-17-22-19-6-34-17;/h5-6,10,14,25H,1-4H2,(H2,18,20)(H,21,26)(H,28,29);1H/t10?,14-;/m1./s1. The van der Waals surface area contributed by atoms with Gasteiger partial charge < -0.3 is 26.1 Å². The number of carboxylic acids is 1. The number of aliphatic carboxylic acids is 1. The van der Waals surface area contributed by atoms with Crippen LogP contribution in [0, 0.1) is 0 Å². The number of carbonyl (C=O) groups is 3. The summed E-state index contributed by atoms with van der Waals surface area (Å²) >= 11 is 5.14. The summed E-state index contributed by atoms with van der Waals surface area (Å²) in [5.74, 6) is -1.78. The molecule has 2 atom stereocenters. The van der Waals surface area contributed by atoms with Crippen molar-refractivity contribution in [3.63, 3.8) is 0 Å². The molecule has 2 aliphatic heterocycles. The zero-order chi connectivity index (χ0) is 24.2. The van der Waals surface area contributed by atoms with Crippen molar-refractivity contribution < 1.29 is 29.4 Å². The maximum absolute atomic E-state index is 12.9. The number of oxime groups is 1. The molecule has 5 N–H and O–H groups in total. The molecule has 18 heteroatoms. The predicted octanol–water partition coefficient (Wildman–Crippen LogP) is 0.242. The van der Waals surface area contributed by atoms with E-state index in [2.05, 4.69) is 25.7 Å². The van der Waals surface area contributed by atoms with Gasteiger partial charge in [0.15, 0.2) is 15.2 Å². The highest BCUT2D eigenvalue weighted by atomic mass is 35.5. The van der Waals surface area contributed by atoms with Gasteiger partial charge in [0, 0.05) is 16.9 Å². The van der Waals surface area contributed by atoms with Crippen molar-refractivity contribution in [1.82, 2.24) is 25.4 Å². The first kappa shape index (κ1) is 27.2. The summed E-state index contributed by atoms with van der Waals surface area (Å²) in [5.41, 5.74) is 7.67. The van der Waals surface area contributed by atoms with Crippen LogP contribution in [0.25, 0.3) is 0 Å². The van der Waals surface area contributed by atoms with Gasteiger partial charge in [-0.05, 0) is 5.57 Å². The lowest BCUT2D eigenvalue weighted by Crippen LogP contribution is -2.71. The van der Waals surface area contributed by atoms with Gasteiger partial charge in [-0.3, -0.25) is 14.5 Å². The first-order valence-corrected chi connectivity index (χ1v) is 13.3. The number of rotatable bonds is 10. The van der Waals surface area contributed by atoms with E-state index in [0.717, 1.165) is 11.3 Å². The number of thiazole rings is 1. The largest absolute Gasteiger partial charge is 0.477 e. The number of anilines is 1. The lowest BCUT2D eigenvalue weighted by Gasteiger charge is -2.49. The lowest BCUT2D eigenvalue weighted by atomic mass is 10.0. The molecule has 0 aromatic carbocycles. The number of thioether (sulfide) groups is 2. The molecule has 1 unspecified atom stereocenters. The zero-order valence-electron chi connectivity index (χ0n) is 17.5. The van der Waals surface area contributed by atoms with E-state index in [4.69, 9.17) is 15.7 Å². The van der Waals surface area contributed by atoms with Crippen LogP contribution < -0.4 is 11.1 Å². The minimum atomic E-state index is -1.21. The van der Waals surface area contributed by atoms with Crippen molar-refractivity contribution in [2.45, 2.75) is 15.8 Å². The average Bonchev–Trinajstić information content (AvgIpc) is 3.49. The van der Waals surface area contributed by atoms with Crippen molar-refractivity contribution in [2.75, 3.05) is 30.5 Å². The monoisotopic (exact) mass is 579 g/mol. The van der Waals surface area contributed by atoms with E-state index in [9.17, 15) is 19.5 Å². The number of hydrogen-bond acceptors (Lipinski definition) is 14. The highest BCUT2D eigenvalue weighted by Crippen LogP contribution is 2.41. The van der Waals surface area contributed by atoms with Gasteiger partial charge in [-0.15, -0.1) is 45.7 Å². The summed E-state index contributed by atoms with van der Waals surface area (Å²) in [6, 6.07) is -0.955. The molecule has 0 bridgehead atoms. The highest BCUT2D eigenvalue weighted by molar-refractivity contribution is 8.01. The maximum Gasteiger partial charge on any atom is 0.352 e. The Bertz CT molecular complexity index is 1160. The molecule has 0 spiro atoms. The maximum atomic E-state index is 12.9. The fourth-order valence-corrected chi connectivity index (χ4v) is 6.65. The van der Waals surface area contributed by atoms with E-state index in [0.29, 0.717) is 21.4 Å². The Hall–Kier alpha value is -2.44. The number of carboxylic acid groups (broad SMARTS) is 1. The lowest BCUT2D eigenvalue weighted by molar-refractivity contribution is -0.150. The number of hydrogen-bond donors (Lipinski definition) is 4. The minimum Gasteiger partial charge on any atom is -0.477 e. The topological polar surface area (TPSA) is 193 Å². The third-order valence-corrected chi connectivity index (χ3v) is 8.52. The Labute approximate surface area is 220 Å². The normalized spacial score (nSPS) is 19.5. The van der Waals surface area contributed by atoms with Gasteiger partial charge in [-0.2, -0.15) is 0 Å². The third-order valence-electron chi connectivity index (χ3n) is 4.56. The van der Waals surface area contributed by atoms with Crippen LogP contribution in [0.2, 0.25) is 0 Å². The Morgan fingerprint density at radius 2 is 2.20 bits per heavy atom. The summed E-state index contributed by atoms with van der Waals surface area (Å²) in [6.45, 7) is -0.452. The summed E-state index contributed by atoms with van der Waals surface area (Å²) < 4.78 is 0.697. The van der Waals surface area contributed by atoms with Gasteiger partial charge in [0.2, 0.25) is 0 Å². The van der Waals surface area contributed by atoms with Crippen molar-refractivity contribution >= 4 is 87.2 Å². The second-order valence-corrected chi connectivity index (χ2v) is 10.7. The number of nitrogens with one attached hydrogen (secondary N) is 1. The van der Waals surface area contributed by atoms with E-state index in [1.54, 1.807) is 5.51 Å². The van der Waals surface area contributed by atoms with Gasteiger partial charge >= 0.3 is 5.97 Å². The second-order valence-electron chi connectivity index (χ2n) is 6.68. The van der Waals surface area contributed by atoms with E-state index in [1.807, 2.05) is 0 Å². The fourth-order valence-electron chi connectivity index (χ4n) is 3.13. The van der Waals surface area contributed by atoms with Gasteiger partial charge in [0.25, 0.3) is 11.8 Å². The molecule has 35 heavy (non-hydrogen) atoms. The molecule has 2 aliphatic rings. The van der Waals surface area contributed by atoms with E-state index in [1.165, 1.54) is 45.1 Å². The van der Waals surface area contributed by atoms with Gasteiger partial charge in [-0.1, -0.05) is 28.3 Å². The SMILES string of the molecule is Cl.Nc1nc(C(=NOCCO)C(=O)NC2C(=O)N3C(C(=O)O)=C(CSc4nncs4)CS[C@H]23)cs1. The number of aliphatic hydroxyl groups is 1. The van der Waals surface area contributed by atoms with E-state index < -0.39 is 29.2 Å². The zero-order valence-corrected chi connectivity index (χ0v) is 21.6. The number of nitrogens with two attached hydrogens (primary N) is 1. The molecule has 2 aromatic rings. The van der Waals surface area contributed by atoms with Crippen molar-refractivity contribution in [1.29, 1.82) is 0 Å². The number of halogens is 1. The van der Waals surface area contributed by atoms with Crippen LogP contribution in [0.3, 0.4) is 0 Å². The molecule has 188 valence electrons. The Morgan fingerprint density at radius 3 is 2.83 bits per heavy atom. The van der Waals surface area contributed by atoms with E-state index in [-0.39, 0.29) is 47.9 Å². The number of nitrogens with zero attached hydrogens (tertiary/aromatic N) is 5. The number of aromatic nitrogens is 3. The van der Waals surface area contributed by atoms with Crippen molar-refractivity contribution in [2.24, 2.45) is 5.16 Å². The number of aliphatic hydroxyl groups excluding tert-OH is 1. The third kappa shape index (κ3) is 5.87. The molecule has 2 aromatic heterocycles. The molecule has 13 nitrogen and oxygen atoms in total. The van der Waals surface area contributed by atoms with Gasteiger partial charge in [0.1, 0.15) is 34.9 Å². The van der Waals surface area contributed by atoms with Gasteiger partial charge in [0.05, 0.1) is 6.61 Å². The van der Waals surface area contributed by atoms with Gasteiger partial charge in [-0.25, -0.2) is 9.78 Å². The van der Waals surface area contributed by atoms with Crippen molar-refractivity contribution in [3.8, 4) is 0 Å². The van der Waals surface area contributed by atoms with Crippen LogP contribution in [0.4, 0.5) is 5.13 Å². The molecule has 4 heterocycles. The molecule has 0 radical (unpaired) electrons. The Morgan fingerprint density at radius 1 is 1.40 bits per heavy atom. The van der Waals surface area contributed by atoms with Crippen LogP contribution in [0.5, 0.6) is 0 Å². The molecule has 2 amide bonds. The summed E-state index contributed by atoms with van der Waals surface area (Å²) in [5, 5.41) is 33.8. The fraction of sp³-hybridized carbons (Fsp3) is 0.353. The average molecular weight is 580 g/mol. The highest BCUT2D eigenvalue weighted by Gasteiger charge is 2.54. The van der Waals surface area contributed by atoms with E-state index >= 15 is 0 Å². The smallest absolute Gasteiger partial charge is 0.352 e. The number of amides is 2. The molecular weight excluding hydrogens is 562 g/mol. The van der Waals surface area contributed by atoms with Crippen molar-refractivity contribution in [3.05, 3.63) is 27.9 Å². The number of β-lactam (4-membered cyclic amide) rings is 1. The molecule has 1 saturated heterocycles. The quantitative estimate of drug-likeness (QED) is 0.0986. The minimum absolute atomic E-state index is 0. The molecule has 0 saturated carbocycles. The molecule has 4 rings (SSSR count). The first-order valence-electron chi connectivity index (χ1n) is 9.52. The van der Waals surface area contributed by atoms with Crippen LogP contribution in [-0.4, -0.2) is 89.9 Å². The molecule has 1 fully saturated rings. The Balaban J connectivity index is 0.00000342. The van der Waals surface area contributed by atoms with Crippen LogP contribution in [-0.2, 0) is 19.2 Å². The second kappa shape index (κ2) is 12.0. The van der Waals surface area contributed by atoms with Crippen LogP contribution in [0.1, 0.15) is 5.69 Å². The summed E-state index contributed by atoms with van der Waals surface area (Å²) in [4.78, 5) is 47.9. The molecule has 0 aliphatic carbocycles. The predicted molar refractivity (Wildman–Crippen MR) is 134 cm³/mol. The van der Waals surface area contributed by atoms with Crippen LogP contribution in [0.15, 0.2) is 31.7 Å². The molecular formula is C17H18ClN7O6S4. The Kier molecular flexibility index (Phi) is 9.31. The number of nitrogen functional groups attached to an aromatic ring is 1.